The van der Waals surface area contributed by atoms with E-state index in [0.29, 0.717) is 12.8 Å². The van der Waals surface area contributed by atoms with Gasteiger partial charge in [0.2, 0.25) is 0 Å². The Bertz CT molecular complexity index is 590. The molecule has 1 atom stereocenters. The van der Waals surface area contributed by atoms with E-state index in [1.807, 2.05) is 56.3 Å². The van der Waals surface area contributed by atoms with Gasteiger partial charge in [-0.15, -0.1) is 0 Å². The molecule has 2 rings (SSSR count). The van der Waals surface area contributed by atoms with Crippen LogP contribution >= 0.6 is 27.5 Å². The summed E-state index contributed by atoms with van der Waals surface area (Å²) in [6, 6.07) is 14.0. The molecule has 1 nitrogen and oxygen atoms in total. The number of benzene rings is 2. The second kappa shape index (κ2) is 6.30. The molecular weight excluding hydrogens is 336 g/mol. The first-order chi connectivity index (χ1) is 9.35. The largest absolute Gasteiger partial charge is 0.389 e. The van der Waals surface area contributed by atoms with Crippen molar-refractivity contribution in [3.8, 4) is 0 Å². The maximum absolute atomic E-state index is 10.6. The first-order valence-corrected chi connectivity index (χ1v) is 7.75. The Hall–Kier alpha value is -0.830. The minimum Gasteiger partial charge on any atom is -0.389 e. The third kappa shape index (κ3) is 4.34. The number of hydrogen-bond donors (Lipinski definition) is 1. The molecular formula is C17H18BrClO. The normalized spacial score (nSPS) is 14.1. The fourth-order valence-electron chi connectivity index (χ4n) is 2.31. The van der Waals surface area contributed by atoms with Crippen molar-refractivity contribution in [2.45, 2.75) is 32.3 Å². The predicted molar refractivity (Wildman–Crippen MR) is 88.4 cm³/mol. The van der Waals surface area contributed by atoms with Crippen molar-refractivity contribution in [3.05, 3.63) is 68.7 Å². The van der Waals surface area contributed by atoms with Gasteiger partial charge in [-0.25, -0.2) is 0 Å². The molecule has 0 aromatic heterocycles. The lowest BCUT2D eigenvalue weighted by Crippen LogP contribution is -2.30. The second-order valence-electron chi connectivity index (χ2n) is 5.57. The van der Waals surface area contributed by atoms with Crippen molar-refractivity contribution in [1.82, 2.24) is 0 Å². The van der Waals surface area contributed by atoms with Crippen molar-refractivity contribution in [2.24, 2.45) is 0 Å². The van der Waals surface area contributed by atoms with Gasteiger partial charge in [-0.1, -0.05) is 51.8 Å². The minimum atomic E-state index is -0.813. The molecule has 0 saturated heterocycles. The molecule has 0 radical (unpaired) electrons. The van der Waals surface area contributed by atoms with E-state index in [0.717, 1.165) is 26.2 Å². The van der Waals surface area contributed by atoms with Gasteiger partial charge in [0.1, 0.15) is 0 Å². The highest BCUT2D eigenvalue weighted by Gasteiger charge is 2.22. The summed E-state index contributed by atoms with van der Waals surface area (Å²) in [4.78, 5) is 0. The highest BCUT2D eigenvalue weighted by Crippen LogP contribution is 2.25. The van der Waals surface area contributed by atoms with Crippen LogP contribution in [0.3, 0.4) is 0 Å². The van der Waals surface area contributed by atoms with Gasteiger partial charge in [-0.3, -0.25) is 0 Å². The maximum atomic E-state index is 10.6. The number of aliphatic hydroxyl groups is 1. The van der Waals surface area contributed by atoms with Crippen LogP contribution in [-0.2, 0) is 12.8 Å². The van der Waals surface area contributed by atoms with Crippen LogP contribution in [0.1, 0.15) is 23.6 Å². The molecule has 1 unspecified atom stereocenters. The molecule has 0 saturated carbocycles. The predicted octanol–water partition coefficient (Wildman–Crippen LogP) is 4.95. The summed E-state index contributed by atoms with van der Waals surface area (Å²) in [6.07, 6.45) is 1.15. The van der Waals surface area contributed by atoms with Gasteiger partial charge >= 0.3 is 0 Å². The highest BCUT2D eigenvalue weighted by molar-refractivity contribution is 9.10. The number of halogens is 2. The molecule has 20 heavy (non-hydrogen) atoms. The van der Waals surface area contributed by atoms with E-state index in [1.165, 1.54) is 0 Å². The number of rotatable bonds is 4. The summed E-state index contributed by atoms with van der Waals surface area (Å²) in [5, 5.41) is 11.3. The van der Waals surface area contributed by atoms with E-state index in [2.05, 4.69) is 15.9 Å². The molecule has 0 heterocycles. The van der Waals surface area contributed by atoms with Crippen LogP contribution in [0, 0.1) is 6.92 Å². The summed E-state index contributed by atoms with van der Waals surface area (Å²) < 4.78 is 1.04. The molecule has 0 aliphatic carbocycles. The van der Waals surface area contributed by atoms with Crippen LogP contribution in [0.25, 0.3) is 0 Å². The second-order valence-corrected chi connectivity index (χ2v) is 6.89. The maximum Gasteiger partial charge on any atom is 0.0700 e. The Morgan fingerprint density at radius 2 is 1.75 bits per heavy atom. The molecule has 0 amide bonds. The molecule has 1 N–H and O–H groups in total. The lowest BCUT2D eigenvalue weighted by atomic mass is 9.89. The lowest BCUT2D eigenvalue weighted by Gasteiger charge is -2.24. The molecule has 0 aliphatic rings. The van der Waals surface area contributed by atoms with E-state index in [9.17, 15) is 5.11 Å². The Kier molecular flexibility index (Phi) is 4.90. The topological polar surface area (TPSA) is 20.2 Å². The van der Waals surface area contributed by atoms with Crippen LogP contribution in [0.4, 0.5) is 0 Å². The SMILES string of the molecule is Cc1ccc(CC(C)(O)Cc2ccc(Br)cc2)c(Cl)c1. The van der Waals surface area contributed by atoms with Gasteiger partial charge in [-0.2, -0.15) is 0 Å². The van der Waals surface area contributed by atoms with Crippen molar-refractivity contribution in [1.29, 1.82) is 0 Å². The standard InChI is InChI=1S/C17H18BrClO/c1-12-3-6-14(16(19)9-12)11-17(2,20)10-13-4-7-15(18)8-5-13/h3-9,20H,10-11H2,1-2H3. The van der Waals surface area contributed by atoms with E-state index >= 15 is 0 Å². The zero-order chi connectivity index (χ0) is 14.8. The van der Waals surface area contributed by atoms with Crippen LogP contribution in [-0.4, -0.2) is 10.7 Å². The van der Waals surface area contributed by atoms with Crippen molar-refractivity contribution in [3.63, 3.8) is 0 Å². The molecule has 106 valence electrons. The monoisotopic (exact) mass is 352 g/mol. The smallest absolute Gasteiger partial charge is 0.0700 e. The van der Waals surface area contributed by atoms with Gasteiger partial charge in [0, 0.05) is 22.3 Å². The van der Waals surface area contributed by atoms with Crippen LogP contribution < -0.4 is 0 Å². The van der Waals surface area contributed by atoms with Gasteiger partial charge in [0.05, 0.1) is 5.60 Å². The van der Waals surface area contributed by atoms with Crippen molar-refractivity contribution >= 4 is 27.5 Å². The van der Waals surface area contributed by atoms with Crippen molar-refractivity contribution < 1.29 is 5.11 Å². The average Bonchev–Trinajstić information content (AvgIpc) is 2.35. The van der Waals surface area contributed by atoms with Gasteiger partial charge < -0.3 is 5.11 Å². The quantitative estimate of drug-likeness (QED) is 0.825. The van der Waals surface area contributed by atoms with Crippen molar-refractivity contribution in [2.75, 3.05) is 0 Å². The fraction of sp³-hybridized carbons (Fsp3) is 0.294. The molecule has 3 heteroatoms. The Balaban J connectivity index is 2.12. The van der Waals surface area contributed by atoms with Gasteiger partial charge in [0.25, 0.3) is 0 Å². The Morgan fingerprint density at radius 1 is 1.10 bits per heavy atom. The average molecular weight is 354 g/mol. The van der Waals surface area contributed by atoms with Crippen LogP contribution in [0.2, 0.25) is 5.02 Å². The third-order valence-corrected chi connectivity index (χ3v) is 4.16. The molecule has 2 aromatic carbocycles. The summed E-state index contributed by atoms with van der Waals surface area (Å²) in [6.45, 7) is 3.86. The van der Waals surface area contributed by atoms with E-state index in [-0.39, 0.29) is 0 Å². The molecule has 0 aliphatic heterocycles. The van der Waals surface area contributed by atoms with Gasteiger partial charge in [0.15, 0.2) is 0 Å². The van der Waals surface area contributed by atoms with Gasteiger partial charge in [-0.05, 0) is 48.7 Å². The Labute approximate surface area is 133 Å². The third-order valence-electron chi connectivity index (χ3n) is 3.28. The molecule has 0 fully saturated rings. The lowest BCUT2D eigenvalue weighted by molar-refractivity contribution is 0.0608. The zero-order valence-electron chi connectivity index (χ0n) is 11.7. The number of hydrogen-bond acceptors (Lipinski definition) is 1. The van der Waals surface area contributed by atoms with E-state index in [4.69, 9.17) is 11.6 Å². The minimum absolute atomic E-state index is 0.544. The van der Waals surface area contributed by atoms with Crippen LogP contribution in [0.15, 0.2) is 46.9 Å². The first-order valence-electron chi connectivity index (χ1n) is 6.58. The fourth-order valence-corrected chi connectivity index (χ4v) is 2.88. The molecule has 0 bridgehead atoms. The number of aryl methyl sites for hydroxylation is 1. The Morgan fingerprint density at radius 3 is 2.35 bits per heavy atom. The summed E-state index contributed by atoms with van der Waals surface area (Å²) in [5.74, 6) is 0. The summed E-state index contributed by atoms with van der Waals surface area (Å²) in [5.41, 5.74) is 2.42. The first kappa shape index (κ1) is 15.6. The molecule has 2 aromatic rings. The summed E-state index contributed by atoms with van der Waals surface area (Å²) in [7, 11) is 0. The van der Waals surface area contributed by atoms with Crippen LogP contribution in [0.5, 0.6) is 0 Å². The van der Waals surface area contributed by atoms with E-state index in [1.54, 1.807) is 0 Å². The molecule has 0 spiro atoms. The van der Waals surface area contributed by atoms with E-state index < -0.39 is 5.60 Å². The highest BCUT2D eigenvalue weighted by atomic mass is 79.9. The summed E-state index contributed by atoms with van der Waals surface area (Å²) >= 11 is 9.66. The zero-order valence-corrected chi connectivity index (χ0v) is 14.0.